The largest absolute Gasteiger partial charge is 0.573 e. The normalized spacial score (nSPS) is 14.7. The first-order valence-corrected chi connectivity index (χ1v) is 6.31. The molecule has 0 saturated heterocycles. The van der Waals surface area contributed by atoms with E-state index in [1.807, 2.05) is 6.92 Å². The first-order valence-electron chi connectivity index (χ1n) is 6.31. The summed E-state index contributed by atoms with van der Waals surface area (Å²) < 4.78 is 39.8. The Morgan fingerprint density at radius 1 is 1.25 bits per heavy atom. The van der Waals surface area contributed by atoms with Gasteiger partial charge in [-0.3, -0.25) is 4.79 Å². The van der Waals surface area contributed by atoms with Gasteiger partial charge in [0.2, 0.25) is 0 Å². The fourth-order valence-electron chi connectivity index (χ4n) is 1.86. The second-order valence-electron chi connectivity index (χ2n) is 4.96. The van der Waals surface area contributed by atoms with Gasteiger partial charge in [-0.05, 0) is 31.0 Å². The minimum Gasteiger partial charge on any atom is -0.406 e. The van der Waals surface area contributed by atoms with Crippen LogP contribution in [-0.4, -0.2) is 17.7 Å². The van der Waals surface area contributed by atoms with Crippen LogP contribution in [0, 0.1) is 0 Å². The Bertz CT molecular complexity index is 452. The predicted octanol–water partition coefficient (Wildman–Crippen LogP) is 3.21. The van der Waals surface area contributed by atoms with Crippen LogP contribution in [0.4, 0.5) is 13.2 Å². The molecule has 0 saturated carbocycles. The Morgan fingerprint density at radius 2 is 1.80 bits per heavy atom. The van der Waals surface area contributed by atoms with Crippen LogP contribution in [0.2, 0.25) is 0 Å². The average molecular weight is 289 g/mol. The molecule has 1 unspecified atom stereocenters. The van der Waals surface area contributed by atoms with Gasteiger partial charge in [0.25, 0.3) is 0 Å². The zero-order valence-electron chi connectivity index (χ0n) is 11.5. The zero-order chi connectivity index (χ0) is 15.4. The highest BCUT2D eigenvalue weighted by Gasteiger charge is 2.31. The van der Waals surface area contributed by atoms with E-state index in [1.165, 1.54) is 24.3 Å². The van der Waals surface area contributed by atoms with E-state index in [9.17, 15) is 18.0 Å². The third kappa shape index (κ3) is 5.21. The van der Waals surface area contributed by atoms with Crippen molar-refractivity contribution in [2.45, 2.75) is 45.0 Å². The Morgan fingerprint density at radius 3 is 2.25 bits per heavy atom. The van der Waals surface area contributed by atoms with E-state index in [4.69, 9.17) is 5.73 Å². The van der Waals surface area contributed by atoms with Crippen molar-refractivity contribution in [1.29, 1.82) is 0 Å². The van der Waals surface area contributed by atoms with Crippen LogP contribution in [0.5, 0.6) is 5.75 Å². The van der Waals surface area contributed by atoms with Crippen molar-refractivity contribution < 1.29 is 22.7 Å². The van der Waals surface area contributed by atoms with Gasteiger partial charge in [0, 0.05) is 6.42 Å². The van der Waals surface area contributed by atoms with Crippen LogP contribution in [0.15, 0.2) is 24.3 Å². The number of ether oxygens (including phenoxy) is 1. The number of carbonyl (C=O) groups is 1. The number of carbonyl (C=O) groups excluding carboxylic acids is 1. The highest BCUT2D eigenvalue weighted by Crippen LogP contribution is 2.23. The van der Waals surface area contributed by atoms with Gasteiger partial charge in [0.1, 0.15) is 5.75 Å². The topological polar surface area (TPSA) is 52.3 Å². The molecule has 1 atom stereocenters. The fourth-order valence-corrected chi connectivity index (χ4v) is 1.86. The van der Waals surface area contributed by atoms with Gasteiger partial charge in [-0.1, -0.05) is 25.5 Å². The molecule has 0 aliphatic carbocycles. The van der Waals surface area contributed by atoms with Gasteiger partial charge >= 0.3 is 6.36 Å². The molecular weight excluding hydrogens is 271 g/mol. The third-order valence-electron chi connectivity index (χ3n) is 2.93. The molecule has 112 valence electrons. The van der Waals surface area contributed by atoms with Crippen molar-refractivity contribution in [1.82, 2.24) is 0 Å². The summed E-state index contributed by atoms with van der Waals surface area (Å²) in [6, 6.07) is 5.23. The molecule has 2 N–H and O–H groups in total. The zero-order valence-corrected chi connectivity index (χ0v) is 11.5. The van der Waals surface area contributed by atoms with Gasteiger partial charge in [-0.2, -0.15) is 0 Å². The average Bonchev–Trinajstić information content (AvgIpc) is 2.29. The lowest BCUT2D eigenvalue weighted by molar-refractivity contribution is -0.274. The van der Waals surface area contributed by atoms with E-state index < -0.39 is 11.9 Å². The van der Waals surface area contributed by atoms with Crippen LogP contribution in [-0.2, 0) is 11.2 Å². The first-order chi connectivity index (χ1) is 9.14. The van der Waals surface area contributed by atoms with Crippen LogP contribution < -0.4 is 10.5 Å². The number of Topliss-reactive ketones (excluding diaryl/α,β-unsaturated/α-hetero) is 1. The summed E-state index contributed by atoms with van der Waals surface area (Å²) in [5.41, 5.74) is 5.61. The summed E-state index contributed by atoms with van der Waals surface area (Å²) in [5.74, 6) is -0.443. The van der Waals surface area contributed by atoms with Crippen LogP contribution in [0.25, 0.3) is 0 Å². The molecule has 1 rings (SSSR count). The summed E-state index contributed by atoms with van der Waals surface area (Å²) in [5, 5.41) is 0. The molecule has 0 aliphatic rings. The molecule has 6 heteroatoms. The van der Waals surface area contributed by atoms with Crippen molar-refractivity contribution in [3.8, 4) is 5.75 Å². The van der Waals surface area contributed by atoms with Gasteiger partial charge < -0.3 is 10.5 Å². The van der Waals surface area contributed by atoms with E-state index in [0.717, 1.165) is 6.42 Å². The number of ketones is 1. The molecule has 3 nitrogen and oxygen atoms in total. The lowest BCUT2D eigenvalue weighted by Gasteiger charge is -2.22. The molecule has 0 aromatic heterocycles. The van der Waals surface area contributed by atoms with Gasteiger partial charge in [-0.15, -0.1) is 13.2 Å². The van der Waals surface area contributed by atoms with Gasteiger partial charge in [-0.25, -0.2) is 0 Å². The third-order valence-corrected chi connectivity index (χ3v) is 2.93. The van der Waals surface area contributed by atoms with E-state index in [2.05, 4.69) is 4.74 Å². The number of alkyl halides is 3. The molecule has 0 amide bonds. The van der Waals surface area contributed by atoms with Crippen LogP contribution >= 0.6 is 0 Å². The number of hydrogen-bond donors (Lipinski definition) is 1. The molecule has 0 heterocycles. The SMILES string of the molecule is CCCC(C)(N)C(=O)Cc1ccc(OC(F)(F)F)cc1. The molecule has 0 fully saturated rings. The summed E-state index contributed by atoms with van der Waals surface area (Å²) >= 11 is 0. The number of nitrogens with two attached hydrogens (primary N) is 1. The van der Waals surface area contributed by atoms with Gasteiger partial charge in [0.15, 0.2) is 5.78 Å². The number of halogens is 3. The minimum atomic E-state index is -4.71. The molecular formula is C14H18F3NO2. The van der Waals surface area contributed by atoms with E-state index >= 15 is 0 Å². The van der Waals surface area contributed by atoms with E-state index in [-0.39, 0.29) is 18.0 Å². The lowest BCUT2D eigenvalue weighted by atomic mass is 9.88. The maximum Gasteiger partial charge on any atom is 0.573 e. The van der Waals surface area contributed by atoms with E-state index in [1.54, 1.807) is 6.92 Å². The first kappa shape index (κ1) is 16.5. The van der Waals surface area contributed by atoms with Gasteiger partial charge in [0.05, 0.1) is 5.54 Å². The second kappa shape index (κ2) is 6.26. The number of hydrogen-bond acceptors (Lipinski definition) is 3. The maximum absolute atomic E-state index is 12.0. The smallest absolute Gasteiger partial charge is 0.406 e. The monoisotopic (exact) mass is 289 g/mol. The molecule has 0 bridgehead atoms. The summed E-state index contributed by atoms with van der Waals surface area (Å²) in [6.07, 6.45) is -3.26. The minimum absolute atomic E-state index is 0.0965. The van der Waals surface area contributed by atoms with Crippen LogP contribution in [0.1, 0.15) is 32.3 Å². The molecule has 1 aromatic carbocycles. The summed E-state index contributed by atoms with van der Waals surface area (Å²) in [7, 11) is 0. The van der Waals surface area contributed by atoms with Crippen molar-refractivity contribution in [3.63, 3.8) is 0 Å². The van der Waals surface area contributed by atoms with Crippen molar-refractivity contribution in [2.24, 2.45) is 5.73 Å². The van der Waals surface area contributed by atoms with E-state index in [0.29, 0.717) is 12.0 Å². The second-order valence-corrected chi connectivity index (χ2v) is 4.96. The molecule has 20 heavy (non-hydrogen) atoms. The maximum atomic E-state index is 12.0. The number of rotatable bonds is 6. The summed E-state index contributed by atoms with van der Waals surface area (Å²) in [6.45, 7) is 3.60. The number of benzene rings is 1. The quantitative estimate of drug-likeness (QED) is 0.875. The highest BCUT2D eigenvalue weighted by molar-refractivity contribution is 5.89. The van der Waals surface area contributed by atoms with Crippen LogP contribution in [0.3, 0.4) is 0 Å². The molecule has 0 aliphatic heterocycles. The van der Waals surface area contributed by atoms with Crippen molar-refractivity contribution >= 4 is 5.78 Å². The summed E-state index contributed by atoms with van der Waals surface area (Å²) in [4.78, 5) is 12.0. The Hall–Kier alpha value is -1.56. The van der Waals surface area contributed by atoms with Crippen molar-refractivity contribution in [2.75, 3.05) is 0 Å². The van der Waals surface area contributed by atoms with Crippen molar-refractivity contribution in [3.05, 3.63) is 29.8 Å². The molecule has 0 radical (unpaired) electrons. The Balaban J connectivity index is 2.68. The highest BCUT2D eigenvalue weighted by atomic mass is 19.4. The fraction of sp³-hybridized carbons (Fsp3) is 0.500. The molecule has 1 aromatic rings. The Kier molecular flexibility index (Phi) is 5.16. The molecule has 0 spiro atoms. The lowest BCUT2D eigenvalue weighted by Crippen LogP contribution is -2.45. The Labute approximate surface area is 115 Å². The predicted molar refractivity (Wildman–Crippen MR) is 69.3 cm³/mol. The standard InChI is InChI=1S/C14H18F3NO2/c1-3-8-13(2,18)12(19)9-10-4-6-11(7-5-10)20-14(15,16)17/h4-7H,3,8-9,18H2,1-2H3.